The normalized spacial score (nSPS) is 12.0. The third kappa shape index (κ3) is 5.87. The van der Waals surface area contributed by atoms with Crippen molar-refractivity contribution in [2.45, 2.75) is 85.6 Å². The molecule has 1 N–H and O–H groups in total. The lowest BCUT2D eigenvalue weighted by Gasteiger charge is -2.29. The van der Waals surface area contributed by atoms with Crippen LogP contribution in [-0.4, -0.2) is 11.9 Å². The van der Waals surface area contributed by atoms with E-state index in [-0.39, 0.29) is 22.7 Å². The SMILES string of the molecule is CCC(=O)NCc1c(OC(=O)CC)cc(C(C)(C)C)cc1C(C)(C)C. The third-order valence-electron chi connectivity index (χ3n) is 4.18. The minimum Gasteiger partial charge on any atom is -0.426 e. The Kier molecular flexibility index (Phi) is 6.81. The van der Waals surface area contributed by atoms with Crippen LogP contribution in [0.5, 0.6) is 5.75 Å². The van der Waals surface area contributed by atoms with E-state index in [1.54, 1.807) is 6.92 Å². The second-order valence-corrected chi connectivity index (χ2v) is 8.46. The maximum atomic E-state index is 11.9. The van der Waals surface area contributed by atoms with Gasteiger partial charge in [-0.3, -0.25) is 9.59 Å². The standard InChI is InChI=1S/C21H33NO3/c1-9-18(23)22-13-15-16(21(6,7)8)11-14(20(3,4)5)12-17(15)25-19(24)10-2/h11-12H,9-10,13H2,1-8H3,(H,22,23). The van der Waals surface area contributed by atoms with Gasteiger partial charge in [0.25, 0.3) is 0 Å². The smallest absolute Gasteiger partial charge is 0.310 e. The Morgan fingerprint density at radius 1 is 0.960 bits per heavy atom. The maximum absolute atomic E-state index is 11.9. The van der Waals surface area contributed by atoms with Gasteiger partial charge >= 0.3 is 5.97 Å². The van der Waals surface area contributed by atoms with Crippen molar-refractivity contribution >= 4 is 11.9 Å². The average Bonchev–Trinajstić information content (AvgIpc) is 2.50. The second-order valence-electron chi connectivity index (χ2n) is 8.46. The van der Waals surface area contributed by atoms with Crippen molar-refractivity contribution in [3.8, 4) is 5.75 Å². The lowest BCUT2D eigenvalue weighted by molar-refractivity contribution is -0.134. The molecule has 1 rings (SSSR count). The minimum absolute atomic E-state index is 0.0208. The maximum Gasteiger partial charge on any atom is 0.310 e. The summed E-state index contributed by atoms with van der Waals surface area (Å²) in [5.41, 5.74) is 2.88. The van der Waals surface area contributed by atoms with Gasteiger partial charge in [0.1, 0.15) is 5.75 Å². The van der Waals surface area contributed by atoms with Gasteiger partial charge < -0.3 is 10.1 Å². The van der Waals surface area contributed by atoms with Crippen LogP contribution in [0.25, 0.3) is 0 Å². The zero-order valence-corrected chi connectivity index (χ0v) is 17.0. The van der Waals surface area contributed by atoms with Crippen molar-refractivity contribution in [2.24, 2.45) is 0 Å². The molecule has 4 heteroatoms. The zero-order valence-electron chi connectivity index (χ0n) is 17.0. The van der Waals surface area contributed by atoms with Crippen LogP contribution in [0.2, 0.25) is 0 Å². The van der Waals surface area contributed by atoms with Crippen LogP contribution in [0.1, 0.15) is 84.9 Å². The van der Waals surface area contributed by atoms with Crippen molar-refractivity contribution in [2.75, 3.05) is 0 Å². The summed E-state index contributed by atoms with van der Waals surface area (Å²) in [4.78, 5) is 23.7. The van der Waals surface area contributed by atoms with E-state index in [4.69, 9.17) is 4.74 Å². The number of nitrogens with one attached hydrogen (secondary N) is 1. The number of rotatable bonds is 5. The highest BCUT2D eigenvalue weighted by Gasteiger charge is 2.26. The number of carbonyl (C=O) groups is 2. The van der Waals surface area contributed by atoms with Crippen LogP contribution < -0.4 is 10.1 Å². The quantitative estimate of drug-likeness (QED) is 0.624. The molecule has 1 amide bonds. The topological polar surface area (TPSA) is 55.4 Å². The van der Waals surface area contributed by atoms with Crippen molar-refractivity contribution in [1.82, 2.24) is 5.32 Å². The first-order chi connectivity index (χ1) is 11.4. The average molecular weight is 347 g/mol. The molecule has 25 heavy (non-hydrogen) atoms. The Morgan fingerprint density at radius 3 is 2.00 bits per heavy atom. The van der Waals surface area contributed by atoms with Crippen molar-refractivity contribution < 1.29 is 14.3 Å². The van der Waals surface area contributed by atoms with Gasteiger partial charge in [0.15, 0.2) is 0 Å². The van der Waals surface area contributed by atoms with E-state index in [1.165, 1.54) is 0 Å². The van der Waals surface area contributed by atoms with Gasteiger partial charge in [0.05, 0.1) is 0 Å². The summed E-state index contributed by atoms with van der Waals surface area (Å²) in [6.45, 7) is 16.8. The highest BCUT2D eigenvalue weighted by molar-refractivity contribution is 5.76. The molecule has 0 saturated carbocycles. The summed E-state index contributed by atoms with van der Waals surface area (Å²) < 4.78 is 5.64. The molecule has 0 aliphatic heterocycles. The molecule has 0 unspecified atom stereocenters. The molecule has 1 aromatic carbocycles. The van der Waals surface area contributed by atoms with Crippen LogP contribution in [0.15, 0.2) is 12.1 Å². The zero-order chi connectivity index (χ0) is 19.4. The van der Waals surface area contributed by atoms with E-state index in [0.717, 1.165) is 16.7 Å². The van der Waals surface area contributed by atoms with Gasteiger partial charge in [-0.1, -0.05) is 61.5 Å². The van der Waals surface area contributed by atoms with Gasteiger partial charge in [-0.25, -0.2) is 0 Å². The summed E-state index contributed by atoms with van der Waals surface area (Å²) in [6, 6.07) is 4.12. The lowest BCUT2D eigenvalue weighted by Crippen LogP contribution is -2.26. The van der Waals surface area contributed by atoms with Gasteiger partial charge in [0, 0.05) is 24.9 Å². The lowest BCUT2D eigenvalue weighted by atomic mass is 9.78. The largest absolute Gasteiger partial charge is 0.426 e. The Morgan fingerprint density at radius 2 is 1.56 bits per heavy atom. The van der Waals surface area contributed by atoms with Gasteiger partial charge in [0.2, 0.25) is 5.91 Å². The van der Waals surface area contributed by atoms with Gasteiger partial charge in [-0.15, -0.1) is 0 Å². The van der Waals surface area contributed by atoms with Gasteiger partial charge in [-0.2, -0.15) is 0 Å². The summed E-state index contributed by atoms with van der Waals surface area (Å²) >= 11 is 0. The van der Waals surface area contributed by atoms with Crippen LogP contribution in [0.4, 0.5) is 0 Å². The second kappa shape index (κ2) is 8.03. The van der Waals surface area contributed by atoms with Crippen LogP contribution in [-0.2, 0) is 27.0 Å². The monoisotopic (exact) mass is 347 g/mol. The molecular weight excluding hydrogens is 314 g/mol. The van der Waals surface area contributed by atoms with Crippen molar-refractivity contribution in [1.29, 1.82) is 0 Å². The summed E-state index contributed by atoms with van der Waals surface area (Å²) in [7, 11) is 0. The number of amides is 1. The number of ether oxygens (including phenoxy) is 1. The number of hydrogen-bond acceptors (Lipinski definition) is 3. The molecule has 0 atom stereocenters. The third-order valence-corrected chi connectivity index (χ3v) is 4.18. The molecule has 0 spiro atoms. The Hall–Kier alpha value is -1.84. The molecule has 0 saturated heterocycles. The summed E-state index contributed by atoms with van der Waals surface area (Å²) in [5.74, 6) is 0.266. The fourth-order valence-corrected chi connectivity index (χ4v) is 2.53. The molecule has 4 nitrogen and oxygen atoms in total. The fourth-order valence-electron chi connectivity index (χ4n) is 2.53. The molecule has 0 bridgehead atoms. The number of esters is 1. The highest BCUT2D eigenvalue weighted by Crippen LogP contribution is 2.37. The molecule has 1 aromatic rings. The Balaban J connectivity index is 3.54. The van der Waals surface area contributed by atoms with Crippen LogP contribution in [0, 0.1) is 0 Å². The first kappa shape index (κ1) is 21.2. The van der Waals surface area contributed by atoms with E-state index >= 15 is 0 Å². The molecular formula is C21H33NO3. The number of carbonyl (C=O) groups excluding carboxylic acids is 2. The van der Waals surface area contributed by atoms with Gasteiger partial charge in [-0.05, 0) is 28.0 Å². The molecule has 0 aliphatic carbocycles. The van der Waals surface area contributed by atoms with Crippen molar-refractivity contribution in [3.05, 3.63) is 28.8 Å². The van der Waals surface area contributed by atoms with E-state index in [2.05, 4.69) is 52.9 Å². The summed E-state index contributed by atoms with van der Waals surface area (Å²) in [6.07, 6.45) is 0.736. The minimum atomic E-state index is -0.269. The molecule has 0 aliphatic rings. The number of hydrogen-bond donors (Lipinski definition) is 1. The summed E-state index contributed by atoms with van der Waals surface area (Å²) in [5, 5.41) is 2.92. The van der Waals surface area contributed by atoms with E-state index in [9.17, 15) is 9.59 Å². The number of benzene rings is 1. The molecule has 0 radical (unpaired) electrons. The van der Waals surface area contributed by atoms with Crippen LogP contribution >= 0.6 is 0 Å². The first-order valence-corrected chi connectivity index (χ1v) is 9.05. The van der Waals surface area contributed by atoms with E-state index in [0.29, 0.717) is 25.1 Å². The predicted octanol–water partition coefficient (Wildman–Crippen LogP) is 4.62. The molecule has 140 valence electrons. The predicted molar refractivity (Wildman–Crippen MR) is 102 cm³/mol. The molecule has 0 heterocycles. The first-order valence-electron chi connectivity index (χ1n) is 9.05. The van der Waals surface area contributed by atoms with E-state index in [1.807, 2.05) is 13.0 Å². The van der Waals surface area contributed by atoms with Crippen LogP contribution in [0.3, 0.4) is 0 Å². The molecule has 0 fully saturated rings. The molecule has 0 aromatic heterocycles. The fraction of sp³-hybridized carbons (Fsp3) is 0.619. The highest BCUT2D eigenvalue weighted by atomic mass is 16.5. The Bertz CT molecular complexity index is 634. The van der Waals surface area contributed by atoms with Crippen molar-refractivity contribution in [3.63, 3.8) is 0 Å². The van der Waals surface area contributed by atoms with E-state index < -0.39 is 0 Å². The Labute approximate surface area is 152 Å².